The minimum atomic E-state index is 0.741. The molecule has 0 aliphatic heterocycles. The van der Waals surface area contributed by atoms with Crippen LogP contribution in [0.15, 0.2) is 83.5 Å². The smallest absolute Gasteiger partial charge is 0.123 e. The van der Waals surface area contributed by atoms with Crippen molar-refractivity contribution in [2.75, 3.05) is 0 Å². The van der Waals surface area contributed by atoms with Crippen LogP contribution in [0.1, 0.15) is 5.76 Å². The third kappa shape index (κ3) is 2.15. The lowest BCUT2D eigenvalue weighted by molar-refractivity contribution is 0.498. The van der Waals surface area contributed by atoms with Crippen LogP contribution in [0.3, 0.4) is 0 Å². The summed E-state index contributed by atoms with van der Waals surface area (Å²) < 4.78 is 7.83. The molecule has 2 nitrogen and oxygen atoms in total. The first-order chi connectivity index (χ1) is 10.4. The van der Waals surface area contributed by atoms with Gasteiger partial charge in [-0.1, -0.05) is 48.5 Å². The maximum Gasteiger partial charge on any atom is 0.123 e. The van der Waals surface area contributed by atoms with E-state index in [0.29, 0.717) is 0 Å². The first-order valence-corrected chi connectivity index (χ1v) is 7.08. The van der Waals surface area contributed by atoms with Crippen molar-refractivity contribution in [3.63, 3.8) is 0 Å². The minimum absolute atomic E-state index is 0.741. The van der Waals surface area contributed by atoms with Crippen LogP contribution in [-0.4, -0.2) is 4.57 Å². The molecule has 0 saturated heterocycles. The van der Waals surface area contributed by atoms with E-state index < -0.39 is 0 Å². The Kier molecular flexibility index (Phi) is 2.86. The second kappa shape index (κ2) is 4.98. The predicted molar refractivity (Wildman–Crippen MR) is 85.2 cm³/mol. The monoisotopic (exact) mass is 273 g/mol. The van der Waals surface area contributed by atoms with Gasteiger partial charge in [0.15, 0.2) is 0 Å². The van der Waals surface area contributed by atoms with Gasteiger partial charge in [0.2, 0.25) is 0 Å². The molecule has 0 unspecified atom stereocenters. The number of aromatic nitrogens is 1. The molecule has 0 aliphatic rings. The number of rotatable bonds is 3. The molecule has 4 aromatic rings. The van der Waals surface area contributed by atoms with Gasteiger partial charge < -0.3 is 8.98 Å². The molecule has 2 aromatic heterocycles. The van der Waals surface area contributed by atoms with Crippen LogP contribution < -0.4 is 0 Å². The summed E-state index contributed by atoms with van der Waals surface area (Å²) in [6, 6.07) is 25.1. The van der Waals surface area contributed by atoms with E-state index in [1.165, 1.54) is 22.2 Å². The molecule has 0 saturated carbocycles. The Morgan fingerprint density at radius 3 is 2.43 bits per heavy atom. The largest absolute Gasteiger partial charge is 0.467 e. The Morgan fingerprint density at radius 1 is 0.810 bits per heavy atom. The van der Waals surface area contributed by atoms with Crippen molar-refractivity contribution in [1.82, 2.24) is 4.57 Å². The van der Waals surface area contributed by atoms with Crippen molar-refractivity contribution in [1.29, 1.82) is 0 Å². The van der Waals surface area contributed by atoms with E-state index in [1.54, 1.807) is 6.26 Å². The van der Waals surface area contributed by atoms with Gasteiger partial charge in [-0.05, 0) is 29.8 Å². The molecule has 2 heteroatoms. The molecule has 2 heterocycles. The Balaban J connectivity index is 1.93. The number of benzene rings is 2. The van der Waals surface area contributed by atoms with Crippen LogP contribution in [0.5, 0.6) is 0 Å². The van der Waals surface area contributed by atoms with Gasteiger partial charge in [-0.3, -0.25) is 0 Å². The summed E-state index contributed by atoms with van der Waals surface area (Å²) in [7, 11) is 0. The number of nitrogens with zero attached hydrogens (tertiary/aromatic N) is 1. The van der Waals surface area contributed by atoms with Crippen molar-refractivity contribution < 1.29 is 4.42 Å². The summed E-state index contributed by atoms with van der Waals surface area (Å²) in [5.41, 5.74) is 3.67. The number of para-hydroxylation sites is 1. The fourth-order valence-corrected chi connectivity index (χ4v) is 2.79. The summed E-state index contributed by atoms with van der Waals surface area (Å²) in [6.45, 7) is 0.741. The number of hydrogen-bond donors (Lipinski definition) is 0. The molecule has 0 aliphatic carbocycles. The average Bonchev–Trinajstić information content (AvgIpc) is 3.17. The fourth-order valence-electron chi connectivity index (χ4n) is 2.79. The van der Waals surface area contributed by atoms with E-state index in [9.17, 15) is 0 Å². The molecular formula is C19H15NO. The van der Waals surface area contributed by atoms with Crippen molar-refractivity contribution in [2.45, 2.75) is 6.54 Å². The van der Waals surface area contributed by atoms with Crippen LogP contribution in [0, 0.1) is 0 Å². The van der Waals surface area contributed by atoms with Gasteiger partial charge in [-0.2, -0.15) is 0 Å². The lowest BCUT2D eigenvalue weighted by atomic mass is 10.1. The molecule has 0 fully saturated rings. The Labute approximate surface area is 123 Å². The molecule has 0 radical (unpaired) electrons. The fraction of sp³-hybridized carbons (Fsp3) is 0.0526. The highest BCUT2D eigenvalue weighted by atomic mass is 16.3. The first-order valence-electron chi connectivity index (χ1n) is 7.08. The lowest BCUT2D eigenvalue weighted by Crippen LogP contribution is -2.00. The van der Waals surface area contributed by atoms with Crippen LogP contribution in [0.4, 0.5) is 0 Å². The molecular weight excluding hydrogens is 258 g/mol. The van der Waals surface area contributed by atoms with Crippen LogP contribution >= 0.6 is 0 Å². The molecule has 2 aromatic carbocycles. The van der Waals surface area contributed by atoms with Gasteiger partial charge in [0.05, 0.1) is 12.8 Å². The van der Waals surface area contributed by atoms with Gasteiger partial charge in [-0.15, -0.1) is 0 Å². The minimum Gasteiger partial charge on any atom is -0.467 e. The normalized spacial score (nSPS) is 11.0. The van der Waals surface area contributed by atoms with E-state index in [4.69, 9.17) is 4.42 Å². The van der Waals surface area contributed by atoms with E-state index in [1.807, 2.05) is 18.2 Å². The predicted octanol–water partition coefficient (Wildman–Crippen LogP) is 4.95. The van der Waals surface area contributed by atoms with E-state index >= 15 is 0 Å². The second-order valence-corrected chi connectivity index (χ2v) is 5.12. The van der Waals surface area contributed by atoms with Crippen LogP contribution in [0.2, 0.25) is 0 Å². The molecule has 4 rings (SSSR count). The average molecular weight is 273 g/mol. The SMILES string of the molecule is c1ccc(-c2cc3ccccc3n2Cc2ccco2)cc1. The quantitative estimate of drug-likeness (QED) is 0.516. The Morgan fingerprint density at radius 2 is 1.62 bits per heavy atom. The van der Waals surface area contributed by atoms with Gasteiger partial charge >= 0.3 is 0 Å². The maximum atomic E-state index is 5.53. The summed E-state index contributed by atoms with van der Waals surface area (Å²) in [6.07, 6.45) is 1.73. The number of fused-ring (bicyclic) bond motifs is 1. The lowest BCUT2D eigenvalue weighted by Gasteiger charge is -2.09. The molecule has 0 amide bonds. The summed E-state index contributed by atoms with van der Waals surface area (Å²) in [5, 5.41) is 1.25. The number of furan rings is 1. The van der Waals surface area contributed by atoms with Crippen LogP contribution in [-0.2, 0) is 6.54 Å². The number of hydrogen-bond acceptors (Lipinski definition) is 1. The zero-order chi connectivity index (χ0) is 14.1. The molecule has 0 atom stereocenters. The van der Waals surface area contributed by atoms with E-state index in [-0.39, 0.29) is 0 Å². The first kappa shape index (κ1) is 12.0. The van der Waals surface area contributed by atoms with E-state index in [0.717, 1.165) is 12.3 Å². The third-order valence-electron chi connectivity index (χ3n) is 3.77. The maximum absolute atomic E-state index is 5.53. The van der Waals surface area contributed by atoms with Crippen LogP contribution in [0.25, 0.3) is 22.2 Å². The van der Waals surface area contributed by atoms with Crippen molar-refractivity contribution >= 4 is 10.9 Å². The summed E-state index contributed by atoms with van der Waals surface area (Å²) >= 11 is 0. The van der Waals surface area contributed by atoms with Crippen molar-refractivity contribution in [3.05, 3.63) is 84.8 Å². The van der Waals surface area contributed by atoms with Gasteiger partial charge in [0.25, 0.3) is 0 Å². The van der Waals surface area contributed by atoms with Crippen molar-refractivity contribution in [2.24, 2.45) is 0 Å². The zero-order valence-electron chi connectivity index (χ0n) is 11.6. The zero-order valence-corrected chi connectivity index (χ0v) is 11.6. The topological polar surface area (TPSA) is 18.1 Å². The molecule has 102 valence electrons. The van der Waals surface area contributed by atoms with Gasteiger partial charge in [-0.25, -0.2) is 0 Å². The summed E-state index contributed by atoms with van der Waals surface area (Å²) in [5.74, 6) is 0.966. The molecule has 21 heavy (non-hydrogen) atoms. The molecule has 0 bridgehead atoms. The standard InChI is InChI=1S/C19H15NO/c1-2-7-15(8-3-1)19-13-16-9-4-5-11-18(16)20(19)14-17-10-6-12-21-17/h1-13H,14H2. The highest BCUT2D eigenvalue weighted by Crippen LogP contribution is 2.29. The highest BCUT2D eigenvalue weighted by Gasteiger charge is 2.11. The van der Waals surface area contributed by atoms with Crippen molar-refractivity contribution in [3.8, 4) is 11.3 Å². The van der Waals surface area contributed by atoms with Gasteiger partial charge in [0.1, 0.15) is 5.76 Å². The Bertz CT molecular complexity index is 857. The summed E-state index contributed by atoms with van der Waals surface area (Å²) in [4.78, 5) is 0. The highest BCUT2D eigenvalue weighted by molar-refractivity contribution is 5.87. The molecule has 0 spiro atoms. The molecule has 0 N–H and O–H groups in total. The van der Waals surface area contributed by atoms with E-state index in [2.05, 4.69) is 59.2 Å². The second-order valence-electron chi connectivity index (χ2n) is 5.12. The Hall–Kier alpha value is -2.74. The van der Waals surface area contributed by atoms with Gasteiger partial charge in [0, 0.05) is 16.6 Å². The third-order valence-corrected chi connectivity index (χ3v) is 3.77.